The van der Waals surface area contributed by atoms with E-state index in [9.17, 15) is 0 Å². The lowest BCUT2D eigenvalue weighted by molar-refractivity contribution is -0.126. The Morgan fingerprint density at radius 1 is 1.40 bits per heavy atom. The molecule has 1 aromatic carbocycles. The highest BCUT2D eigenvalue weighted by Gasteiger charge is 2.44. The average molecular weight is 206 g/mol. The van der Waals surface area contributed by atoms with Crippen molar-refractivity contribution >= 4 is 0 Å². The molecule has 0 bridgehead atoms. The van der Waals surface area contributed by atoms with E-state index >= 15 is 0 Å². The van der Waals surface area contributed by atoms with Crippen LogP contribution in [0.5, 0.6) is 0 Å². The van der Waals surface area contributed by atoms with Crippen molar-refractivity contribution in [3.8, 4) is 0 Å². The monoisotopic (exact) mass is 206 g/mol. The molecule has 1 fully saturated rings. The van der Waals surface area contributed by atoms with Gasteiger partial charge in [0, 0.05) is 18.0 Å². The minimum Gasteiger partial charge on any atom is -0.380 e. The third-order valence-corrected chi connectivity index (χ3v) is 3.22. The summed E-state index contributed by atoms with van der Waals surface area (Å²) < 4.78 is 5.31. The van der Waals surface area contributed by atoms with Gasteiger partial charge in [-0.2, -0.15) is 0 Å². The quantitative estimate of drug-likeness (QED) is 0.770. The summed E-state index contributed by atoms with van der Waals surface area (Å²) in [5.41, 5.74) is 7.23. The Hall–Kier alpha value is -0.900. The van der Waals surface area contributed by atoms with Gasteiger partial charge in [-0.25, -0.2) is 0 Å². The van der Waals surface area contributed by atoms with Crippen molar-refractivity contribution in [3.63, 3.8) is 0 Å². The van der Waals surface area contributed by atoms with Gasteiger partial charge in [-0.3, -0.25) is 0 Å². The summed E-state index contributed by atoms with van der Waals surface area (Å²) in [7, 11) is 1.98. The van der Waals surface area contributed by atoms with E-state index in [0.717, 1.165) is 13.2 Å². The first-order chi connectivity index (χ1) is 7.32. The molecule has 3 N–H and O–H groups in total. The van der Waals surface area contributed by atoms with Crippen molar-refractivity contribution in [1.82, 2.24) is 5.32 Å². The molecule has 82 valence electrons. The molecular formula is C12H18N2O. The first-order valence-electron chi connectivity index (χ1n) is 5.32. The first-order valence-corrected chi connectivity index (χ1v) is 5.32. The van der Waals surface area contributed by atoms with E-state index in [0.29, 0.717) is 6.54 Å². The van der Waals surface area contributed by atoms with E-state index in [2.05, 4.69) is 29.6 Å². The Balaban J connectivity index is 2.24. The molecule has 1 heterocycles. The minimum absolute atomic E-state index is 0.0795. The molecule has 0 aromatic heterocycles. The van der Waals surface area contributed by atoms with Crippen LogP contribution in [0.4, 0.5) is 0 Å². The molecule has 15 heavy (non-hydrogen) atoms. The molecule has 0 aliphatic carbocycles. The van der Waals surface area contributed by atoms with Gasteiger partial charge in [-0.1, -0.05) is 30.3 Å². The fraction of sp³-hybridized carbons (Fsp3) is 0.500. The number of ether oxygens (including phenoxy) is 1. The highest BCUT2D eigenvalue weighted by molar-refractivity contribution is 5.22. The SMILES string of the molecule is CNC(c1ccccc1)C1(CN)COC1. The van der Waals surface area contributed by atoms with Crippen LogP contribution in [0.1, 0.15) is 11.6 Å². The second kappa shape index (κ2) is 4.31. The highest BCUT2D eigenvalue weighted by atomic mass is 16.5. The van der Waals surface area contributed by atoms with E-state index in [1.165, 1.54) is 5.56 Å². The number of nitrogens with one attached hydrogen (secondary N) is 1. The molecule has 0 spiro atoms. The Labute approximate surface area is 90.6 Å². The van der Waals surface area contributed by atoms with Gasteiger partial charge in [-0.15, -0.1) is 0 Å². The van der Waals surface area contributed by atoms with Crippen LogP contribution < -0.4 is 11.1 Å². The second-order valence-electron chi connectivity index (χ2n) is 4.19. The third-order valence-electron chi connectivity index (χ3n) is 3.22. The van der Waals surface area contributed by atoms with Crippen molar-refractivity contribution in [2.45, 2.75) is 6.04 Å². The van der Waals surface area contributed by atoms with Crippen molar-refractivity contribution in [2.75, 3.05) is 26.8 Å². The normalized spacial score (nSPS) is 20.7. The molecule has 3 nitrogen and oxygen atoms in total. The summed E-state index contributed by atoms with van der Waals surface area (Å²) in [5.74, 6) is 0. The van der Waals surface area contributed by atoms with Gasteiger partial charge in [0.05, 0.1) is 13.2 Å². The van der Waals surface area contributed by atoms with Crippen molar-refractivity contribution in [2.24, 2.45) is 11.1 Å². The maximum Gasteiger partial charge on any atom is 0.0575 e. The second-order valence-corrected chi connectivity index (χ2v) is 4.19. The predicted molar refractivity (Wildman–Crippen MR) is 60.5 cm³/mol. The molecule has 1 atom stereocenters. The highest BCUT2D eigenvalue weighted by Crippen LogP contribution is 2.39. The number of hydrogen-bond donors (Lipinski definition) is 2. The lowest BCUT2D eigenvalue weighted by atomic mass is 9.75. The van der Waals surface area contributed by atoms with Crippen LogP contribution in [0.25, 0.3) is 0 Å². The zero-order chi connectivity index (χ0) is 10.7. The van der Waals surface area contributed by atoms with Crippen LogP contribution in [0.2, 0.25) is 0 Å². The maximum atomic E-state index is 5.86. The number of benzene rings is 1. The van der Waals surface area contributed by atoms with Crippen molar-refractivity contribution in [3.05, 3.63) is 35.9 Å². The lowest BCUT2D eigenvalue weighted by Crippen LogP contribution is -2.55. The maximum absolute atomic E-state index is 5.86. The van der Waals surface area contributed by atoms with E-state index in [-0.39, 0.29) is 11.5 Å². The van der Waals surface area contributed by atoms with Crippen LogP contribution in [0.3, 0.4) is 0 Å². The molecule has 1 aliphatic heterocycles. The molecule has 0 saturated carbocycles. The first kappa shape index (κ1) is 10.6. The largest absolute Gasteiger partial charge is 0.380 e. The van der Waals surface area contributed by atoms with Crippen LogP contribution in [-0.2, 0) is 4.74 Å². The average Bonchev–Trinajstić information content (AvgIpc) is 2.24. The fourth-order valence-corrected chi connectivity index (χ4v) is 2.24. The van der Waals surface area contributed by atoms with Crippen LogP contribution in [0, 0.1) is 5.41 Å². The van der Waals surface area contributed by atoms with Gasteiger partial charge in [-0.05, 0) is 12.6 Å². The summed E-state index contributed by atoms with van der Waals surface area (Å²) >= 11 is 0. The zero-order valence-electron chi connectivity index (χ0n) is 9.07. The van der Waals surface area contributed by atoms with Crippen LogP contribution >= 0.6 is 0 Å². The fourth-order valence-electron chi connectivity index (χ4n) is 2.24. The third kappa shape index (κ3) is 1.78. The molecule has 2 rings (SSSR count). The molecule has 0 radical (unpaired) electrons. The predicted octanol–water partition coefficient (Wildman–Crippen LogP) is 0.922. The zero-order valence-corrected chi connectivity index (χ0v) is 9.07. The van der Waals surface area contributed by atoms with Crippen molar-refractivity contribution in [1.29, 1.82) is 0 Å². The van der Waals surface area contributed by atoms with Gasteiger partial charge in [0.15, 0.2) is 0 Å². The standard InChI is InChI=1S/C12H18N2O/c1-14-11(10-5-3-2-4-6-10)12(7-13)8-15-9-12/h2-6,11,14H,7-9,13H2,1H3. The molecule has 0 amide bonds. The summed E-state index contributed by atoms with van der Waals surface area (Å²) in [6.45, 7) is 2.17. The molecule has 1 saturated heterocycles. The van der Waals surface area contributed by atoms with Gasteiger partial charge < -0.3 is 15.8 Å². The lowest BCUT2D eigenvalue weighted by Gasteiger charge is -2.46. The molecule has 3 heteroatoms. The smallest absolute Gasteiger partial charge is 0.0575 e. The van der Waals surface area contributed by atoms with Gasteiger partial charge in [0.1, 0.15) is 0 Å². The topological polar surface area (TPSA) is 47.3 Å². The van der Waals surface area contributed by atoms with Crippen LogP contribution in [0.15, 0.2) is 30.3 Å². The van der Waals surface area contributed by atoms with E-state index in [1.807, 2.05) is 13.1 Å². The molecular weight excluding hydrogens is 188 g/mol. The van der Waals surface area contributed by atoms with E-state index in [1.54, 1.807) is 0 Å². The van der Waals surface area contributed by atoms with E-state index < -0.39 is 0 Å². The number of rotatable bonds is 4. The van der Waals surface area contributed by atoms with Crippen molar-refractivity contribution < 1.29 is 4.74 Å². The summed E-state index contributed by atoms with van der Waals surface area (Å²) in [6.07, 6.45) is 0. The molecule has 1 unspecified atom stereocenters. The van der Waals surface area contributed by atoms with Gasteiger partial charge >= 0.3 is 0 Å². The van der Waals surface area contributed by atoms with Gasteiger partial charge in [0.25, 0.3) is 0 Å². The van der Waals surface area contributed by atoms with Crippen LogP contribution in [-0.4, -0.2) is 26.8 Å². The Kier molecular flexibility index (Phi) is 3.05. The molecule has 1 aromatic rings. The van der Waals surface area contributed by atoms with Gasteiger partial charge in [0.2, 0.25) is 0 Å². The Morgan fingerprint density at radius 2 is 2.07 bits per heavy atom. The Bertz CT molecular complexity index is 303. The summed E-state index contributed by atoms with van der Waals surface area (Å²) in [6, 6.07) is 10.7. The minimum atomic E-state index is 0.0795. The number of hydrogen-bond acceptors (Lipinski definition) is 3. The molecule has 1 aliphatic rings. The summed E-state index contributed by atoms with van der Waals surface area (Å²) in [4.78, 5) is 0. The number of nitrogens with two attached hydrogens (primary N) is 1. The van der Waals surface area contributed by atoms with E-state index in [4.69, 9.17) is 10.5 Å². The Morgan fingerprint density at radius 3 is 2.47 bits per heavy atom. The summed E-state index contributed by atoms with van der Waals surface area (Å²) in [5, 5.41) is 3.35.